The quantitative estimate of drug-likeness (QED) is 0.695. The van der Waals surface area contributed by atoms with Gasteiger partial charge in [0.15, 0.2) is 0 Å². The predicted octanol–water partition coefficient (Wildman–Crippen LogP) is 0.406. The lowest BCUT2D eigenvalue weighted by Gasteiger charge is -2.08. The standard InChI is InChI=1S/C8H14N4O/c1-5(2)12-6(8(13)10-3)4-7(9)11-12/h4-5H,1-3H3,(H2,9,11)(H,10,13). The topological polar surface area (TPSA) is 72.9 Å². The highest BCUT2D eigenvalue weighted by molar-refractivity contribution is 5.93. The van der Waals surface area contributed by atoms with E-state index in [1.54, 1.807) is 17.8 Å². The van der Waals surface area contributed by atoms with Crippen molar-refractivity contribution in [2.45, 2.75) is 19.9 Å². The Morgan fingerprint density at radius 2 is 2.31 bits per heavy atom. The maximum absolute atomic E-state index is 11.3. The summed E-state index contributed by atoms with van der Waals surface area (Å²) in [6, 6.07) is 1.70. The van der Waals surface area contributed by atoms with E-state index in [4.69, 9.17) is 5.73 Å². The van der Waals surface area contributed by atoms with Crippen LogP contribution < -0.4 is 11.1 Å². The van der Waals surface area contributed by atoms with Crippen LogP contribution in [0.4, 0.5) is 5.82 Å². The Labute approximate surface area is 76.9 Å². The first kappa shape index (κ1) is 9.57. The number of nitrogen functional groups attached to an aromatic ring is 1. The molecule has 5 nitrogen and oxygen atoms in total. The highest BCUT2D eigenvalue weighted by Crippen LogP contribution is 2.11. The zero-order valence-corrected chi connectivity index (χ0v) is 8.03. The molecule has 3 N–H and O–H groups in total. The Bertz CT molecular complexity index is 316. The fraction of sp³-hybridized carbons (Fsp3) is 0.500. The Kier molecular flexibility index (Phi) is 2.55. The first-order valence-corrected chi connectivity index (χ1v) is 4.13. The van der Waals surface area contributed by atoms with Crippen LogP contribution in [-0.2, 0) is 0 Å². The normalized spacial score (nSPS) is 10.5. The van der Waals surface area contributed by atoms with Crippen molar-refractivity contribution in [3.05, 3.63) is 11.8 Å². The number of nitrogens with one attached hydrogen (secondary N) is 1. The van der Waals surface area contributed by atoms with Crippen molar-refractivity contribution in [2.24, 2.45) is 0 Å². The summed E-state index contributed by atoms with van der Waals surface area (Å²) in [4.78, 5) is 11.3. The van der Waals surface area contributed by atoms with Gasteiger partial charge in [-0.25, -0.2) is 0 Å². The molecule has 0 saturated carbocycles. The summed E-state index contributed by atoms with van der Waals surface area (Å²) in [6.07, 6.45) is 0. The number of carbonyl (C=O) groups is 1. The molecule has 0 radical (unpaired) electrons. The van der Waals surface area contributed by atoms with Crippen molar-refractivity contribution in [3.63, 3.8) is 0 Å². The lowest BCUT2D eigenvalue weighted by molar-refractivity contribution is 0.0950. The molecule has 1 heterocycles. The van der Waals surface area contributed by atoms with E-state index in [0.717, 1.165) is 0 Å². The molecule has 0 unspecified atom stereocenters. The van der Waals surface area contributed by atoms with Gasteiger partial charge in [-0.15, -0.1) is 0 Å². The molecule has 1 rings (SSSR count). The average Bonchev–Trinajstić information content (AvgIpc) is 2.46. The average molecular weight is 182 g/mol. The number of carbonyl (C=O) groups excluding carboxylic acids is 1. The van der Waals surface area contributed by atoms with Gasteiger partial charge in [-0.1, -0.05) is 0 Å². The monoisotopic (exact) mass is 182 g/mol. The Morgan fingerprint density at radius 1 is 1.69 bits per heavy atom. The third-order valence-electron chi connectivity index (χ3n) is 1.70. The third kappa shape index (κ3) is 1.80. The van der Waals surface area contributed by atoms with Gasteiger partial charge in [-0.3, -0.25) is 9.48 Å². The molecule has 1 aromatic rings. The van der Waals surface area contributed by atoms with Crippen molar-refractivity contribution in [1.29, 1.82) is 0 Å². The van der Waals surface area contributed by atoms with Crippen molar-refractivity contribution in [2.75, 3.05) is 12.8 Å². The highest BCUT2D eigenvalue weighted by Gasteiger charge is 2.14. The number of hydrogen-bond acceptors (Lipinski definition) is 3. The maximum atomic E-state index is 11.3. The fourth-order valence-corrected chi connectivity index (χ4v) is 1.10. The van der Waals surface area contributed by atoms with Gasteiger partial charge in [-0.2, -0.15) is 5.10 Å². The fourth-order valence-electron chi connectivity index (χ4n) is 1.10. The van der Waals surface area contributed by atoms with Gasteiger partial charge in [0, 0.05) is 19.2 Å². The molecule has 0 fully saturated rings. The minimum absolute atomic E-state index is 0.129. The van der Waals surface area contributed by atoms with E-state index in [2.05, 4.69) is 10.4 Å². The number of nitrogens with two attached hydrogens (primary N) is 1. The second-order valence-corrected chi connectivity index (χ2v) is 3.07. The second kappa shape index (κ2) is 3.47. The summed E-state index contributed by atoms with van der Waals surface area (Å²) in [5, 5.41) is 6.55. The lowest BCUT2D eigenvalue weighted by Crippen LogP contribution is -2.22. The van der Waals surface area contributed by atoms with Crippen LogP contribution in [0.15, 0.2) is 6.07 Å². The zero-order valence-electron chi connectivity index (χ0n) is 8.03. The molecule has 0 aliphatic carbocycles. The van der Waals surface area contributed by atoms with Crippen molar-refractivity contribution in [1.82, 2.24) is 15.1 Å². The Hall–Kier alpha value is -1.52. The van der Waals surface area contributed by atoms with Crippen molar-refractivity contribution >= 4 is 11.7 Å². The number of rotatable bonds is 2. The molecule has 1 amide bonds. The summed E-state index contributed by atoms with van der Waals surface area (Å²) >= 11 is 0. The summed E-state index contributed by atoms with van der Waals surface area (Å²) in [6.45, 7) is 3.89. The van der Waals surface area contributed by atoms with Crippen molar-refractivity contribution < 1.29 is 4.79 Å². The van der Waals surface area contributed by atoms with E-state index in [1.165, 1.54) is 0 Å². The molecule has 13 heavy (non-hydrogen) atoms. The SMILES string of the molecule is CNC(=O)c1cc(N)nn1C(C)C. The van der Waals surface area contributed by atoms with E-state index >= 15 is 0 Å². The molecule has 0 atom stereocenters. The first-order chi connectivity index (χ1) is 6.06. The third-order valence-corrected chi connectivity index (χ3v) is 1.70. The molecule has 0 aromatic carbocycles. The van der Waals surface area contributed by atoms with Crippen LogP contribution in [-0.4, -0.2) is 22.7 Å². The van der Waals surface area contributed by atoms with E-state index in [9.17, 15) is 4.79 Å². The van der Waals surface area contributed by atoms with Gasteiger partial charge < -0.3 is 11.1 Å². The summed E-state index contributed by atoms with van der Waals surface area (Å²) in [5.41, 5.74) is 5.99. The highest BCUT2D eigenvalue weighted by atomic mass is 16.1. The summed E-state index contributed by atoms with van der Waals surface area (Å²) < 4.78 is 1.61. The van der Waals surface area contributed by atoms with Crippen LogP contribution in [0.3, 0.4) is 0 Å². The molecule has 0 aliphatic heterocycles. The Balaban J connectivity index is 3.11. The molecule has 72 valence electrons. The minimum atomic E-state index is -0.169. The smallest absolute Gasteiger partial charge is 0.269 e. The second-order valence-electron chi connectivity index (χ2n) is 3.07. The molecule has 0 aliphatic rings. The molecular weight excluding hydrogens is 168 g/mol. The van der Waals surface area contributed by atoms with Gasteiger partial charge in [0.1, 0.15) is 11.5 Å². The van der Waals surface area contributed by atoms with E-state index < -0.39 is 0 Å². The van der Waals surface area contributed by atoms with Gasteiger partial charge in [-0.05, 0) is 13.8 Å². The number of nitrogens with zero attached hydrogens (tertiary/aromatic N) is 2. The largest absolute Gasteiger partial charge is 0.382 e. The Morgan fingerprint density at radius 3 is 2.77 bits per heavy atom. The number of hydrogen-bond donors (Lipinski definition) is 2. The van der Waals surface area contributed by atoms with Crippen LogP contribution in [0.5, 0.6) is 0 Å². The van der Waals surface area contributed by atoms with Crippen LogP contribution in [0.2, 0.25) is 0 Å². The molecule has 0 saturated heterocycles. The minimum Gasteiger partial charge on any atom is -0.382 e. The molecule has 5 heteroatoms. The van der Waals surface area contributed by atoms with Gasteiger partial charge in [0.05, 0.1) is 0 Å². The van der Waals surface area contributed by atoms with Crippen LogP contribution >= 0.6 is 0 Å². The number of aromatic nitrogens is 2. The maximum Gasteiger partial charge on any atom is 0.269 e. The molecule has 1 aromatic heterocycles. The number of amides is 1. The van der Waals surface area contributed by atoms with Crippen LogP contribution in [0.1, 0.15) is 30.4 Å². The van der Waals surface area contributed by atoms with Crippen molar-refractivity contribution in [3.8, 4) is 0 Å². The van der Waals surface area contributed by atoms with Gasteiger partial charge >= 0.3 is 0 Å². The van der Waals surface area contributed by atoms with Crippen LogP contribution in [0.25, 0.3) is 0 Å². The van der Waals surface area contributed by atoms with E-state index in [0.29, 0.717) is 11.5 Å². The van der Waals surface area contributed by atoms with E-state index in [1.807, 2.05) is 13.8 Å². The zero-order chi connectivity index (χ0) is 10.0. The van der Waals surface area contributed by atoms with Gasteiger partial charge in [0.25, 0.3) is 5.91 Å². The molecule has 0 bridgehead atoms. The lowest BCUT2D eigenvalue weighted by atomic mass is 10.3. The van der Waals surface area contributed by atoms with Gasteiger partial charge in [0.2, 0.25) is 0 Å². The van der Waals surface area contributed by atoms with E-state index in [-0.39, 0.29) is 11.9 Å². The van der Waals surface area contributed by atoms with Crippen LogP contribution in [0, 0.1) is 0 Å². The predicted molar refractivity (Wildman–Crippen MR) is 50.4 cm³/mol. The summed E-state index contributed by atoms with van der Waals surface area (Å²) in [7, 11) is 1.58. The molecule has 0 spiro atoms. The molecular formula is C8H14N4O. The summed E-state index contributed by atoms with van der Waals surface area (Å²) in [5.74, 6) is 0.199. The number of anilines is 1. The first-order valence-electron chi connectivity index (χ1n) is 4.13.